The summed E-state index contributed by atoms with van der Waals surface area (Å²) in [6.45, 7) is 6.89. The molecule has 1 saturated heterocycles. The van der Waals surface area contributed by atoms with Gasteiger partial charge in [-0.25, -0.2) is 0 Å². The Morgan fingerprint density at radius 1 is 1.64 bits per heavy atom. The first-order valence-corrected chi connectivity index (χ1v) is 4.41. The number of hydrogen-bond donors (Lipinski definition) is 2. The van der Waals surface area contributed by atoms with Gasteiger partial charge in [0.05, 0.1) is 4.75 Å². The monoisotopic (exact) mass is 173 g/mol. The third-order valence-electron chi connectivity index (χ3n) is 2.78. The number of rotatable bonds is 0. The highest BCUT2D eigenvalue weighted by Gasteiger charge is 2.41. The molecule has 3 heteroatoms. The second-order valence-corrected chi connectivity index (χ2v) is 4.55. The molecular formula is C8H15NOS. The first kappa shape index (κ1) is 8.91. The van der Waals surface area contributed by atoms with Crippen molar-refractivity contribution in [1.29, 1.82) is 0 Å². The predicted molar refractivity (Wildman–Crippen MR) is 48.7 cm³/mol. The molecule has 0 aliphatic carbocycles. The van der Waals surface area contributed by atoms with E-state index < -0.39 is 4.75 Å². The second-order valence-electron chi connectivity index (χ2n) is 3.62. The van der Waals surface area contributed by atoms with Crippen LogP contribution in [0.15, 0.2) is 0 Å². The van der Waals surface area contributed by atoms with E-state index in [9.17, 15) is 4.79 Å². The minimum atomic E-state index is -0.488. The number of amides is 1. The molecule has 1 amide bonds. The van der Waals surface area contributed by atoms with Crippen LogP contribution in [0.3, 0.4) is 0 Å². The van der Waals surface area contributed by atoms with Gasteiger partial charge in [-0.2, -0.15) is 12.6 Å². The number of nitrogens with one attached hydrogen (secondary N) is 1. The van der Waals surface area contributed by atoms with Crippen LogP contribution in [-0.2, 0) is 4.79 Å². The molecule has 1 aliphatic heterocycles. The van der Waals surface area contributed by atoms with Gasteiger partial charge >= 0.3 is 0 Å². The van der Waals surface area contributed by atoms with Crippen molar-refractivity contribution >= 4 is 18.5 Å². The van der Waals surface area contributed by atoms with E-state index in [1.165, 1.54) is 0 Å². The average Bonchev–Trinajstić information content (AvgIpc) is 1.95. The van der Waals surface area contributed by atoms with Crippen molar-refractivity contribution < 1.29 is 4.79 Å². The number of carbonyl (C=O) groups excluding carboxylic acids is 1. The standard InChI is InChI=1S/C8H15NOS/c1-5-4-9-7(10)8(3,11)6(5)2/h5-6,11H,4H2,1-3H3,(H,9,10). The summed E-state index contributed by atoms with van der Waals surface area (Å²) >= 11 is 4.36. The fraction of sp³-hybridized carbons (Fsp3) is 0.875. The minimum Gasteiger partial charge on any atom is -0.355 e. The number of hydrogen-bond acceptors (Lipinski definition) is 2. The Hall–Kier alpha value is -0.180. The van der Waals surface area contributed by atoms with Gasteiger partial charge in [0.2, 0.25) is 5.91 Å². The summed E-state index contributed by atoms with van der Waals surface area (Å²) in [6, 6.07) is 0. The molecule has 0 radical (unpaired) electrons. The van der Waals surface area contributed by atoms with Crippen molar-refractivity contribution in [2.75, 3.05) is 6.54 Å². The van der Waals surface area contributed by atoms with Crippen LogP contribution in [0.2, 0.25) is 0 Å². The van der Waals surface area contributed by atoms with E-state index in [-0.39, 0.29) is 5.91 Å². The molecule has 64 valence electrons. The predicted octanol–water partition coefficient (Wildman–Crippen LogP) is 1.08. The lowest BCUT2D eigenvalue weighted by molar-refractivity contribution is -0.127. The fourth-order valence-electron chi connectivity index (χ4n) is 1.37. The van der Waals surface area contributed by atoms with Crippen molar-refractivity contribution in [2.24, 2.45) is 11.8 Å². The Kier molecular flexibility index (Phi) is 2.19. The highest BCUT2D eigenvalue weighted by Crippen LogP contribution is 2.33. The molecular weight excluding hydrogens is 158 g/mol. The van der Waals surface area contributed by atoms with Crippen LogP contribution in [0.25, 0.3) is 0 Å². The summed E-state index contributed by atoms with van der Waals surface area (Å²) in [5, 5.41) is 2.84. The normalized spacial score (nSPS) is 45.3. The lowest BCUT2D eigenvalue weighted by Crippen LogP contribution is -2.54. The molecule has 0 spiro atoms. The molecule has 1 aliphatic rings. The summed E-state index contributed by atoms with van der Waals surface area (Å²) in [5.41, 5.74) is 0. The molecule has 0 aromatic carbocycles. The molecule has 0 bridgehead atoms. The molecule has 1 N–H and O–H groups in total. The van der Waals surface area contributed by atoms with Crippen LogP contribution in [-0.4, -0.2) is 17.2 Å². The average molecular weight is 173 g/mol. The zero-order valence-electron chi connectivity index (χ0n) is 7.22. The maximum atomic E-state index is 11.3. The van der Waals surface area contributed by atoms with Crippen LogP contribution < -0.4 is 5.32 Å². The van der Waals surface area contributed by atoms with Gasteiger partial charge < -0.3 is 5.32 Å². The SMILES string of the molecule is CC1CNC(=O)C(C)(S)C1C. The summed E-state index contributed by atoms with van der Waals surface area (Å²) < 4.78 is -0.488. The molecule has 1 rings (SSSR count). The zero-order chi connectivity index (χ0) is 8.65. The lowest BCUT2D eigenvalue weighted by Gasteiger charge is -2.38. The van der Waals surface area contributed by atoms with Gasteiger partial charge in [0.1, 0.15) is 0 Å². The van der Waals surface area contributed by atoms with Crippen molar-refractivity contribution in [3.05, 3.63) is 0 Å². The number of carbonyl (C=O) groups is 1. The van der Waals surface area contributed by atoms with Gasteiger partial charge in [-0.1, -0.05) is 13.8 Å². The molecule has 2 nitrogen and oxygen atoms in total. The largest absolute Gasteiger partial charge is 0.355 e. The third kappa shape index (κ3) is 1.39. The quantitative estimate of drug-likeness (QED) is 0.527. The van der Waals surface area contributed by atoms with Crippen LogP contribution in [0.4, 0.5) is 0 Å². The van der Waals surface area contributed by atoms with Crippen molar-refractivity contribution in [1.82, 2.24) is 5.32 Å². The van der Waals surface area contributed by atoms with Crippen molar-refractivity contribution in [3.8, 4) is 0 Å². The van der Waals surface area contributed by atoms with Gasteiger partial charge in [0.25, 0.3) is 0 Å². The van der Waals surface area contributed by atoms with E-state index in [2.05, 4.69) is 31.8 Å². The molecule has 3 atom stereocenters. The van der Waals surface area contributed by atoms with E-state index in [0.717, 1.165) is 6.54 Å². The zero-order valence-corrected chi connectivity index (χ0v) is 8.11. The molecule has 0 aromatic rings. The molecule has 3 unspecified atom stereocenters. The van der Waals surface area contributed by atoms with E-state index >= 15 is 0 Å². The van der Waals surface area contributed by atoms with Gasteiger partial charge in [-0.05, 0) is 18.8 Å². The number of thiol groups is 1. The van der Waals surface area contributed by atoms with E-state index in [1.54, 1.807) is 0 Å². The maximum Gasteiger partial charge on any atom is 0.235 e. The Balaban J connectivity index is 2.80. The summed E-state index contributed by atoms with van der Waals surface area (Å²) in [6.07, 6.45) is 0. The Morgan fingerprint density at radius 3 is 2.64 bits per heavy atom. The molecule has 1 heterocycles. The second kappa shape index (κ2) is 2.70. The molecule has 1 fully saturated rings. The fourth-order valence-corrected chi connectivity index (χ4v) is 1.70. The van der Waals surface area contributed by atoms with Crippen LogP contribution >= 0.6 is 12.6 Å². The van der Waals surface area contributed by atoms with Crippen molar-refractivity contribution in [3.63, 3.8) is 0 Å². The van der Waals surface area contributed by atoms with Gasteiger partial charge in [0, 0.05) is 6.54 Å². The van der Waals surface area contributed by atoms with Gasteiger partial charge in [0.15, 0.2) is 0 Å². The first-order valence-electron chi connectivity index (χ1n) is 3.97. The first-order chi connectivity index (χ1) is 4.96. The highest BCUT2D eigenvalue weighted by molar-refractivity contribution is 7.82. The Morgan fingerprint density at radius 2 is 2.18 bits per heavy atom. The van der Waals surface area contributed by atoms with Crippen molar-refractivity contribution in [2.45, 2.75) is 25.5 Å². The summed E-state index contributed by atoms with van der Waals surface area (Å²) in [7, 11) is 0. The van der Waals surface area contributed by atoms with Crippen LogP contribution in [0.1, 0.15) is 20.8 Å². The third-order valence-corrected chi connectivity index (χ3v) is 3.39. The van der Waals surface area contributed by atoms with E-state index in [1.807, 2.05) is 6.92 Å². The molecule has 0 aromatic heterocycles. The Bertz CT molecular complexity index is 179. The van der Waals surface area contributed by atoms with E-state index in [0.29, 0.717) is 11.8 Å². The topological polar surface area (TPSA) is 29.1 Å². The van der Waals surface area contributed by atoms with E-state index in [4.69, 9.17) is 0 Å². The van der Waals surface area contributed by atoms with Crippen LogP contribution in [0.5, 0.6) is 0 Å². The van der Waals surface area contributed by atoms with Crippen LogP contribution in [0, 0.1) is 11.8 Å². The van der Waals surface area contributed by atoms with Gasteiger partial charge in [-0.3, -0.25) is 4.79 Å². The lowest BCUT2D eigenvalue weighted by atomic mass is 9.80. The Labute approximate surface area is 73.2 Å². The number of piperidine rings is 1. The van der Waals surface area contributed by atoms with Gasteiger partial charge in [-0.15, -0.1) is 0 Å². The maximum absolute atomic E-state index is 11.3. The minimum absolute atomic E-state index is 0.0615. The highest BCUT2D eigenvalue weighted by atomic mass is 32.1. The molecule has 0 saturated carbocycles. The molecule has 11 heavy (non-hydrogen) atoms. The summed E-state index contributed by atoms with van der Waals surface area (Å²) in [5.74, 6) is 0.932. The summed E-state index contributed by atoms with van der Waals surface area (Å²) in [4.78, 5) is 11.3. The smallest absolute Gasteiger partial charge is 0.235 e.